The molecule has 4 rings (SSSR count). The predicted molar refractivity (Wildman–Crippen MR) is 76.2 cm³/mol. The van der Waals surface area contributed by atoms with Gasteiger partial charge in [0.05, 0.1) is 6.26 Å². The van der Waals surface area contributed by atoms with Crippen LogP contribution in [0.25, 0.3) is 11.0 Å². The third kappa shape index (κ3) is 1.76. The Kier molecular flexibility index (Phi) is 2.42. The lowest BCUT2D eigenvalue weighted by atomic mass is 9.85. The highest BCUT2D eigenvalue weighted by Gasteiger charge is 2.21. The zero-order valence-corrected chi connectivity index (χ0v) is 10.6. The van der Waals surface area contributed by atoms with Gasteiger partial charge in [-0.25, -0.2) is 0 Å². The van der Waals surface area contributed by atoms with E-state index < -0.39 is 0 Å². The van der Waals surface area contributed by atoms with Crippen LogP contribution in [-0.4, -0.2) is 6.54 Å². The van der Waals surface area contributed by atoms with E-state index in [9.17, 15) is 0 Å². The SMILES string of the molecule is c1ccc2c(c1)CNC[C@H]2c1ccc2ccoc2c1. The molecule has 94 valence electrons. The van der Waals surface area contributed by atoms with Gasteiger partial charge in [-0.15, -0.1) is 0 Å². The minimum absolute atomic E-state index is 0.416. The van der Waals surface area contributed by atoms with E-state index in [0.29, 0.717) is 5.92 Å². The number of hydrogen-bond donors (Lipinski definition) is 1. The quantitative estimate of drug-likeness (QED) is 0.712. The van der Waals surface area contributed by atoms with Gasteiger partial charge < -0.3 is 9.73 Å². The Morgan fingerprint density at radius 1 is 1.05 bits per heavy atom. The van der Waals surface area contributed by atoms with Crippen LogP contribution in [0.3, 0.4) is 0 Å². The van der Waals surface area contributed by atoms with Crippen LogP contribution < -0.4 is 5.32 Å². The fourth-order valence-corrected chi connectivity index (χ4v) is 2.98. The highest BCUT2D eigenvalue weighted by atomic mass is 16.3. The van der Waals surface area contributed by atoms with E-state index in [1.165, 1.54) is 22.1 Å². The molecular formula is C17H15NO. The van der Waals surface area contributed by atoms with Crippen molar-refractivity contribution in [3.63, 3.8) is 0 Å². The van der Waals surface area contributed by atoms with Crippen LogP contribution in [0.15, 0.2) is 59.2 Å². The van der Waals surface area contributed by atoms with Gasteiger partial charge in [-0.05, 0) is 28.8 Å². The van der Waals surface area contributed by atoms with Crippen molar-refractivity contribution in [2.75, 3.05) is 6.54 Å². The first-order valence-corrected chi connectivity index (χ1v) is 6.67. The van der Waals surface area contributed by atoms with Gasteiger partial charge in [0.25, 0.3) is 0 Å². The van der Waals surface area contributed by atoms with Gasteiger partial charge in [-0.1, -0.05) is 36.4 Å². The number of rotatable bonds is 1. The van der Waals surface area contributed by atoms with Gasteiger partial charge in [0.1, 0.15) is 5.58 Å². The molecule has 2 heterocycles. The van der Waals surface area contributed by atoms with Crippen molar-refractivity contribution in [2.45, 2.75) is 12.5 Å². The summed E-state index contributed by atoms with van der Waals surface area (Å²) in [6, 6.07) is 17.2. The third-order valence-electron chi connectivity index (χ3n) is 3.98. The average molecular weight is 249 g/mol. The summed E-state index contributed by atoms with van der Waals surface area (Å²) in [5.74, 6) is 0.416. The number of furan rings is 1. The van der Waals surface area contributed by atoms with Crippen LogP contribution in [0.1, 0.15) is 22.6 Å². The van der Waals surface area contributed by atoms with Gasteiger partial charge in [-0.3, -0.25) is 0 Å². The zero-order valence-electron chi connectivity index (χ0n) is 10.6. The number of benzene rings is 2. The Hall–Kier alpha value is -2.06. The van der Waals surface area contributed by atoms with E-state index in [1.54, 1.807) is 6.26 Å². The molecule has 0 saturated heterocycles. The van der Waals surface area contributed by atoms with Crippen LogP contribution in [-0.2, 0) is 6.54 Å². The van der Waals surface area contributed by atoms with E-state index in [-0.39, 0.29) is 0 Å². The Bertz CT molecular complexity index is 729. The van der Waals surface area contributed by atoms with Crippen molar-refractivity contribution in [2.24, 2.45) is 0 Å². The molecular weight excluding hydrogens is 234 g/mol. The average Bonchev–Trinajstić information content (AvgIpc) is 2.94. The lowest BCUT2D eigenvalue weighted by Crippen LogP contribution is -2.28. The van der Waals surface area contributed by atoms with E-state index in [0.717, 1.165) is 18.7 Å². The molecule has 0 aliphatic carbocycles. The first-order chi connectivity index (χ1) is 9.42. The minimum Gasteiger partial charge on any atom is -0.464 e. The molecule has 0 amide bonds. The molecule has 1 N–H and O–H groups in total. The highest BCUT2D eigenvalue weighted by Crippen LogP contribution is 2.31. The fraction of sp³-hybridized carbons (Fsp3) is 0.176. The summed E-state index contributed by atoms with van der Waals surface area (Å²) in [5, 5.41) is 4.67. The van der Waals surface area contributed by atoms with Crippen LogP contribution in [0.2, 0.25) is 0 Å². The lowest BCUT2D eigenvalue weighted by molar-refractivity contribution is 0.588. The first kappa shape index (κ1) is 10.8. The Labute approximate surface area is 112 Å². The molecule has 0 spiro atoms. The van der Waals surface area contributed by atoms with Crippen molar-refractivity contribution in [1.29, 1.82) is 0 Å². The van der Waals surface area contributed by atoms with Crippen molar-refractivity contribution >= 4 is 11.0 Å². The number of hydrogen-bond acceptors (Lipinski definition) is 2. The normalized spacial score (nSPS) is 18.4. The fourth-order valence-electron chi connectivity index (χ4n) is 2.98. The molecule has 2 nitrogen and oxygen atoms in total. The molecule has 0 saturated carbocycles. The van der Waals surface area contributed by atoms with Crippen molar-refractivity contribution in [3.05, 3.63) is 71.5 Å². The Morgan fingerprint density at radius 2 is 2.00 bits per heavy atom. The Morgan fingerprint density at radius 3 is 3.00 bits per heavy atom. The lowest BCUT2D eigenvalue weighted by Gasteiger charge is -2.26. The Balaban J connectivity index is 1.84. The van der Waals surface area contributed by atoms with Gasteiger partial charge in [0, 0.05) is 24.4 Å². The topological polar surface area (TPSA) is 25.2 Å². The summed E-state index contributed by atoms with van der Waals surface area (Å²) < 4.78 is 5.52. The molecule has 2 aromatic carbocycles. The predicted octanol–water partition coefficient (Wildman–Crippen LogP) is 3.67. The molecule has 0 radical (unpaired) electrons. The summed E-state index contributed by atoms with van der Waals surface area (Å²) >= 11 is 0. The van der Waals surface area contributed by atoms with Gasteiger partial charge in [0.15, 0.2) is 0 Å². The molecule has 1 atom stereocenters. The second-order valence-corrected chi connectivity index (χ2v) is 5.10. The van der Waals surface area contributed by atoms with E-state index in [1.807, 2.05) is 6.07 Å². The minimum atomic E-state index is 0.416. The van der Waals surface area contributed by atoms with Crippen molar-refractivity contribution in [3.8, 4) is 0 Å². The number of nitrogens with one attached hydrogen (secondary N) is 1. The summed E-state index contributed by atoms with van der Waals surface area (Å²) in [6.07, 6.45) is 1.75. The molecule has 1 aliphatic rings. The van der Waals surface area contributed by atoms with Crippen molar-refractivity contribution < 1.29 is 4.42 Å². The van der Waals surface area contributed by atoms with Gasteiger partial charge in [-0.2, -0.15) is 0 Å². The van der Waals surface area contributed by atoms with E-state index in [2.05, 4.69) is 47.8 Å². The molecule has 1 aromatic heterocycles. The van der Waals surface area contributed by atoms with E-state index >= 15 is 0 Å². The molecule has 1 aliphatic heterocycles. The zero-order chi connectivity index (χ0) is 12.7. The van der Waals surface area contributed by atoms with Crippen LogP contribution in [0.4, 0.5) is 0 Å². The maximum Gasteiger partial charge on any atom is 0.134 e. The first-order valence-electron chi connectivity index (χ1n) is 6.67. The standard InChI is InChI=1S/C17H15NO/c1-2-4-15-14(3-1)10-18-11-16(15)13-6-5-12-7-8-19-17(12)9-13/h1-9,16,18H,10-11H2/t16-/m0/s1. The van der Waals surface area contributed by atoms with Crippen LogP contribution in [0, 0.1) is 0 Å². The van der Waals surface area contributed by atoms with Gasteiger partial charge >= 0.3 is 0 Å². The molecule has 19 heavy (non-hydrogen) atoms. The van der Waals surface area contributed by atoms with Crippen molar-refractivity contribution in [1.82, 2.24) is 5.32 Å². The largest absolute Gasteiger partial charge is 0.464 e. The molecule has 0 fully saturated rings. The van der Waals surface area contributed by atoms with E-state index in [4.69, 9.17) is 4.42 Å². The molecule has 3 aromatic rings. The smallest absolute Gasteiger partial charge is 0.134 e. The second kappa shape index (κ2) is 4.25. The summed E-state index contributed by atoms with van der Waals surface area (Å²) in [5.41, 5.74) is 5.13. The maximum atomic E-state index is 5.52. The summed E-state index contributed by atoms with van der Waals surface area (Å²) in [7, 11) is 0. The second-order valence-electron chi connectivity index (χ2n) is 5.10. The summed E-state index contributed by atoms with van der Waals surface area (Å²) in [6.45, 7) is 1.96. The highest BCUT2D eigenvalue weighted by molar-refractivity contribution is 5.78. The molecule has 2 heteroatoms. The number of fused-ring (bicyclic) bond motifs is 2. The summed E-state index contributed by atoms with van der Waals surface area (Å²) in [4.78, 5) is 0. The van der Waals surface area contributed by atoms with Gasteiger partial charge in [0.2, 0.25) is 0 Å². The van der Waals surface area contributed by atoms with Crippen LogP contribution in [0.5, 0.6) is 0 Å². The monoisotopic (exact) mass is 249 g/mol. The molecule has 0 unspecified atom stereocenters. The molecule has 0 bridgehead atoms. The maximum absolute atomic E-state index is 5.52. The third-order valence-corrected chi connectivity index (χ3v) is 3.98. The van der Waals surface area contributed by atoms with Crippen LogP contribution >= 0.6 is 0 Å².